The molecule has 2 aliphatic rings. The van der Waals surface area contributed by atoms with Gasteiger partial charge in [0.1, 0.15) is 5.84 Å². The number of nitrogens with zero attached hydrogens (tertiary/aromatic N) is 2. The summed E-state index contributed by atoms with van der Waals surface area (Å²) >= 11 is 0. The van der Waals surface area contributed by atoms with E-state index in [2.05, 4.69) is 54.7 Å². The minimum Gasteiger partial charge on any atom is -0.377 e. The first-order valence-corrected chi connectivity index (χ1v) is 8.80. The number of hydrogen-bond donors (Lipinski definition) is 2. The number of amidine groups is 1. The Morgan fingerprint density at radius 2 is 2.00 bits per heavy atom. The fraction of sp³-hybridized carbons (Fsp3) is 0.722. The number of aliphatic imine (C=N–C) groups is 1. The molecule has 4 heteroatoms. The third-order valence-electron chi connectivity index (χ3n) is 4.49. The van der Waals surface area contributed by atoms with E-state index in [9.17, 15) is 0 Å². The average Bonchev–Trinajstić information content (AvgIpc) is 2.54. The Bertz CT molecular complexity index is 432. The molecule has 1 fully saturated rings. The zero-order chi connectivity index (χ0) is 15.8. The Labute approximate surface area is 135 Å². The van der Waals surface area contributed by atoms with Crippen LogP contribution < -0.4 is 10.6 Å². The third-order valence-corrected chi connectivity index (χ3v) is 4.49. The molecule has 2 aliphatic heterocycles. The second-order valence-corrected chi connectivity index (χ2v) is 6.59. The molecule has 0 saturated carbocycles. The molecule has 0 amide bonds. The molecular formula is C18H32N4. The van der Waals surface area contributed by atoms with Crippen molar-refractivity contribution in [2.45, 2.75) is 58.4 Å². The van der Waals surface area contributed by atoms with Gasteiger partial charge in [0.05, 0.1) is 11.2 Å². The van der Waals surface area contributed by atoms with Crippen LogP contribution in [0.25, 0.3) is 0 Å². The topological polar surface area (TPSA) is 39.7 Å². The number of hydrogen-bond acceptors (Lipinski definition) is 4. The number of allylic oxidation sites excluding steroid dienone is 3. The van der Waals surface area contributed by atoms with E-state index < -0.39 is 0 Å². The summed E-state index contributed by atoms with van der Waals surface area (Å²) in [6.07, 6.45) is 12.7. The fourth-order valence-corrected chi connectivity index (χ4v) is 3.06. The lowest BCUT2D eigenvalue weighted by atomic mass is 9.91. The van der Waals surface area contributed by atoms with E-state index in [1.807, 2.05) is 0 Å². The van der Waals surface area contributed by atoms with Gasteiger partial charge in [0.2, 0.25) is 0 Å². The first kappa shape index (κ1) is 17.1. The first-order chi connectivity index (χ1) is 10.7. The molecular weight excluding hydrogens is 272 g/mol. The van der Waals surface area contributed by atoms with Crippen LogP contribution in [-0.4, -0.2) is 42.5 Å². The molecule has 0 radical (unpaired) electrons. The lowest BCUT2D eigenvalue weighted by Crippen LogP contribution is -2.59. The van der Waals surface area contributed by atoms with E-state index in [4.69, 9.17) is 4.99 Å². The lowest BCUT2D eigenvalue weighted by Gasteiger charge is -2.42. The zero-order valence-corrected chi connectivity index (χ0v) is 14.5. The highest BCUT2D eigenvalue weighted by Gasteiger charge is 2.35. The summed E-state index contributed by atoms with van der Waals surface area (Å²) in [5.74, 6) is 1.22. The molecule has 0 aromatic rings. The van der Waals surface area contributed by atoms with Crippen LogP contribution in [0, 0.1) is 0 Å². The molecule has 124 valence electrons. The smallest absolute Gasteiger partial charge is 0.130 e. The standard InChI is InChI=1S/C18H32N4/c1-4-5-6-7-8-9-10-18(3)17(21-16(2)15-20-18)22-13-11-19-12-14-22/h7-8,15,19-20H,4-6,9-14H2,1-3H3/b8-7+. The molecule has 2 rings (SSSR count). The van der Waals surface area contributed by atoms with Gasteiger partial charge in [0, 0.05) is 32.4 Å². The maximum Gasteiger partial charge on any atom is 0.130 e. The molecule has 1 unspecified atom stereocenters. The van der Waals surface area contributed by atoms with Crippen molar-refractivity contribution in [2.75, 3.05) is 26.2 Å². The Morgan fingerprint density at radius 1 is 1.27 bits per heavy atom. The van der Waals surface area contributed by atoms with Gasteiger partial charge in [-0.05, 0) is 33.1 Å². The predicted molar refractivity (Wildman–Crippen MR) is 95.1 cm³/mol. The molecule has 2 heterocycles. The summed E-state index contributed by atoms with van der Waals surface area (Å²) in [6.45, 7) is 10.8. The molecule has 0 aliphatic carbocycles. The molecule has 4 nitrogen and oxygen atoms in total. The van der Waals surface area contributed by atoms with Gasteiger partial charge in [0.15, 0.2) is 0 Å². The van der Waals surface area contributed by atoms with E-state index in [1.54, 1.807) is 0 Å². The molecule has 1 atom stereocenters. The van der Waals surface area contributed by atoms with Crippen LogP contribution in [0.5, 0.6) is 0 Å². The molecule has 22 heavy (non-hydrogen) atoms. The maximum atomic E-state index is 4.88. The molecule has 2 N–H and O–H groups in total. The van der Waals surface area contributed by atoms with Crippen LogP contribution in [0.4, 0.5) is 0 Å². The van der Waals surface area contributed by atoms with Crippen LogP contribution in [0.1, 0.15) is 52.9 Å². The fourth-order valence-electron chi connectivity index (χ4n) is 3.06. The summed E-state index contributed by atoms with van der Waals surface area (Å²) in [5, 5.41) is 7.03. The van der Waals surface area contributed by atoms with Gasteiger partial charge in [-0.15, -0.1) is 0 Å². The largest absolute Gasteiger partial charge is 0.377 e. The third kappa shape index (κ3) is 4.60. The summed E-state index contributed by atoms with van der Waals surface area (Å²) < 4.78 is 0. The minimum atomic E-state index is -0.0497. The highest BCUT2D eigenvalue weighted by molar-refractivity contribution is 5.93. The van der Waals surface area contributed by atoms with Crippen LogP contribution >= 0.6 is 0 Å². The molecule has 0 spiro atoms. The van der Waals surface area contributed by atoms with Gasteiger partial charge < -0.3 is 15.5 Å². The Balaban J connectivity index is 1.96. The normalized spacial score (nSPS) is 25.9. The second kappa shape index (κ2) is 8.37. The van der Waals surface area contributed by atoms with E-state index in [1.165, 1.54) is 25.1 Å². The summed E-state index contributed by atoms with van der Waals surface area (Å²) in [4.78, 5) is 7.32. The van der Waals surface area contributed by atoms with E-state index >= 15 is 0 Å². The van der Waals surface area contributed by atoms with E-state index in [0.29, 0.717) is 0 Å². The number of unbranched alkanes of at least 4 members (excludes halogenated alkanes) is 2. The Morgan fingerprint density at radius 3 is 2.73 bits per heavy atom. The van der Waals surface area contributed by atoms with E-state index in [-0.39, 0.29) is 5.54 Å². The molecule has 0 bridgehead atoms. The van der Waals surface area contributed by atoms with Gasteiger partial charge >= 0.3 is 0 Å². The van der Waals surface area contributed by atoms with Gasteiger partial charge in [0.25, 0.3) is 0 Å². The van der Waals surface area contributed by atoms with Gasteiger partial charge in [-0.25, -0.2) is 4.99 Å². The summed E-state index contributed by atoms with van der Waals surface area (Å²) in [7, 11) is 0. The zero-order valence-electron chi connectivity index (χ0n) is 14.5. The van der Waals surface area contributed by atoms with Crippen LogP contribution in [0.3, 0.4) is 0 Å². The van der Waals surface area contributed by atoms with Crippen molar-refractivity contribution in [3.63, 3.8) is 0 Å². The summed E-state index contributed by atoms with van der Waals surface area (Å²) in [5.41, 5.74) is 1.02. The van der Waals surface area contributed by atoms with Crippen molar-refractivity contribution in [1.82, 2.24) is 15.5 Å². The van der Waals surface area contributed by atoms with Gasteiger partial charge in [-0.3, -0.25) is 0 Å². The van der Waals surface area contributed by atoms with Crippen LogP contribution in [0.15, 0.2) is 29.0 Å². The molecule has 0 aromatic carbocycles. The highest BCUT2D eigenvalue weighted by atomic mass is 15.3. The monoisotopic (exact) mass is 304 g/mol. The quantitative estimate of drug-likeness (QED) is 0.585. The Hall–Kier alpha value is -1.29. The maximum absolute atomic E-state index is 4.88. The van der Waals surface area contributed by atoms with Crippen molar-refractivity contribution in [3.05, 3.63) is 24.0 Å². The number of piperazine rings is 1. The SMILES string of the molecule is CCCC/C=C/CCC1(C)NC=C(C)N=C1N1CCNCC1. The van der Waals surface area contributed by atoms with Crippen molar-refractivity contribution in [3.8, 4) is 0 Å². The van der Waals surface area contributed by atoms with E-state index in [0.717, 1.165) is 44.7 Å². The number of rotatable bonds is 6. The van der Waals surface area contributed by atoms with Crippen LogP contribution in [0.2, 0.25) is 0 Å². The van der Waals surface area contributed by atoms with Gasteiger partial charge in [-0.2, -0.15) is 0 Å². The van der Waals surface area contributed by atoms with Gasteiger partial charge in [-0.1, -0.05) is 31.9 Å². The first-order valence-electron chi connectivity index (χ1n) is 8.80. The predicted octanol–water partition coefficient (Wildman–Crippen LogP) is 3.04. The Kier molecular flexibility index (Phi) is 6.49. The van der Waals surface area contributed by atoms with Crippen molar-refractivity contribution < 1.29 is 0 Å². The van der Waals surface area contributed by atoms with Crippen molar-refractivity contribution >= 4 is 5.84 Å². The highest BCUT2D eigenvalue weighted by Crippen LogP contribution is 2.23. The number of nitrogens with one attached hydrogen (secondary N) is 2. The van der Waals surface area contributed by atoms with Crippen LogP contribution in [-0.2, 0) is 0 Å². The van der Waals surface area contributed by atoms with Crippen molar-refractivity contribution in [2.24, 2.45) is 4.99 Å². The minimum absolute atomic E-state index is 0.0497. The lowest BCUT2D eigenvalue weighted by molar-refractivity contribution is 0.318. The summed E-state index contributed by atoms with van der Waals surface area (Å²) in [6, 6.07) is 0. The molecule has 1 saturated heterocycles. The average molecular weight is 304 g/mol. The second-order valence-electron chi connectivity index (χ2n) is 6.59. The molecule has 0 aromatic heterocycles. The van der Waals surface area contributed by atoms with Crippen molar-refractivity contribution in [1.29, 1.82) is 0 Å².